The van der Waals surface area contributed by atoms with Gasteiger partial charge in [-0.2, -0.15) is 13.2 Å². The number of rotatable bonds is 10. The van der Waals surface area contributed by atoms with Gasteiger partial charge in [0.15, 0.2) is 0 Å². The maximum absolute atomic E-state index is 12.8. The maximum atomic E-state index is 12.8. The Balaban J connectivity index is 1.35. The van der Waals surface area contributed by atoms with Crippen LogP contribution in [-0.2, 0) is 20.9 Å². The molecule has 34 heavy (non-hydrogen) atoms. The highest BCUT2D eigenvalue weighted by atomic mass is 32.2. The molecule has 0 bridgehead atoms. The number of benzene rings is 1. The fraction of sp³-hybridized carbons (Fsp3) is 0.667. The molecule has 1 aliphatic carbocycles. The average Bonchev–Trinajstić information content (AvgIpc) is 2.82. The average molecular weight is 504 g/mol. The van der Waals surface area contributed by atoms with E-state index in [9.17, 15) is 21.6 Å². The first-order chi connectivity index (χ1) is 16.2. The summed E-state index contributed by atoms with van der Waals surface area (Å²) in [5, 5.41) is 3.34. The van der Waals surface area contributed by atoms with E-state index in [1.807, 2.05) is 0 Å². The van der Waals surface area contributed by atoms with Gasteiger partial charge in [-0.05, 0) is 61.8 Å². The van der Waals surface area contributed by atoms with Crippen LogP contribution in [0.5, 0.6) is 0 Å². The Kier molecular flexibility index (Phi) is 9.96. The molecule has 1 heterocycles. The minimum Gasteiger partial charge on any atom is -0.377 e. The Bertz CT molecular complexity index is 877. The highest BCUT2D eigenvalue weighted by molar-refractivity contribution is 7.89. The summed E-state index contributed by atoms with van der Waals surface area (Å²) in [4.78, 5) is 2.29. The zero-order valence-corrected chi connectivity index (χ0v) is 20.6. The van der Waals surface area contributed by atoms with Crippen molar-refractivity contribution < 1.29 is 26.3 Å². The van der Waals surface area contributed by atoms with E-state index in [-0.39, 0.29) is 10.8 Å². The molecule has 1 N–H and O–H groups in total. The number of alkyl halides is 3. The molecular weight excluding hydrogens is 467 g/mol. The van der Waals surface area contributed by atoms with Crippen LogP contribution in [0.15, 0.2) is 41.3 Å². The minimum atomic E-state index is -4.49. The number of nitrogens with one attached hydrogen (secondary N) is 1. The van der Waals surface area contributed by atoms with Crippen molar-refractivity contribution in [2.45, 2.75) is 36.8 Å². The van der Waals surface area contributed by atoms with E-state index in [4.69, 9.17) is 4.74 Å². The van der Waals surface area contributed by atoms with E-state index in [2.05, 4.69) is 22.4 Å². The zero-order valence-electron chi connectivity index (χ0n) is 19.8. The standard InChI is InChI=1S/C24H36F3N3O3S/c1-29(34(31,32)23-10-8-22(9-11-23)24(25,26)27)18-20-4-6-21(7-5-20)19-33-17-3-2-14-30-15-12-28-13-16-30/h2-3,8-11,20-21,28H,4-7,12-19H2,1H3/b3-2+/t20-,21-. The molecule has 0 amide bonds. The fourth-order valence-corrected chi connectivity index (χ4v) is 5.77. The third-order valence-corrected chi connectivity index (χ3v) is 8.52. The summed E-state index contributed by atoms with van der Waals surface area (Å²) in [7, 11) is -2.32. The normalized spacial score (nSPS) is 23.1. The third kappa shape index (κ3) is 8.05. The van der Waals surface area contributed by atoms with Crippen LogP contribution >= 0.6 is 0 Å². The van der Waals surface area contributed by atoms with E-state index < -0.39 is 21.8 Å². The van der Waals surface area contributed by atoms with Gasteiger partial charge in [0, 0.05) is 52.9 Å². The molecule has 1 aromatic carbocycles. The molecule has 10 heteroatoms. The highest BCUT2D eigenvalue weighted by Gasteiger charge is 2.32. The van der Waals surface area contributed by atoms with Crippen LogP contribution in [0, 0.1) is 11.8 Å². The van der Waals surface area contributed by atoms with Crippen molar-refractivity contribution in [3.05, 3.63) is 42.0 Å². The molecule has 2 aliphatic rings. The number of nitrogens with zero attached hydrogens (tertiary/aromatic N) is 2. The molecule has 192 valence electrons. The summed E-state index contributed by atoms with van der Waals surface area (Å²) in [5.41, 5.74) is -0.857. The molecule has 1 aromatic rings. The zero-order chi connectivity index (χ0) is 24.6. The van der Waals surface area contributed by atoms with E-state index >= 15 is 0 Å². The highest BCUT2D eigenvalue weighted by Crippen LogP contribution is 2.32. The van der Waals surface area contributed by atoms with Crippen molar-refractivity contribution in [1.82, 2.24) is 14.5 Å². The van der Waals surface area contributed by atoms with E-state index in [1.54, 1.807) is 0 Å². The van der Waals surface area contributed by atoms with Gasteiger partial charge in [-0.3, -0.25) is 4.90 Å². The van der Waals surface area contributed by atoms with Crippen LogP contribution in [-0.4, -0.2) is 77.2 Å². The summed E-state index contributed by atoms with van der Waals surface area (Å²) in [6.07, 6.45) is 3.56. The molecule has 6 nitrogen and oxygen atoms in total. The predicted octanol–water partition coefficient (Wildman–Crippen LogP) is 3.61. The van der Waals surface area contributed by atoms with Crippen molar-refractivity contribution in [3.8, 4) is 0 Å². The van der Waals surface area contributed by atoms with Crippen molar-refractivity contribution in [2.75, 3.05) is 59.5 Å². The first-order valence-corrected chi connectivity index (χ1v) is 13.4. The Morgan fingerprint density at radius 2 is 1.68 bits per heavy atom. The summed E-state index contributed by atoms with van der Waals surface area (Å²) >= 11 is 0. The number of halogens is 3. The maximum Gasteiger partial charge on any atom is 0.416 e. The SMILES string of the molecule is CN(C[C@H]1CC[C@H](COC/C=C/CN2CCNCC2)CC1)S(=O)(=O)c1ccc(C(F)(F)F)cc1. The van der Waals surface area contributed by atoms with Crippen molar-refractivity contribution >= 4 is 10.0 Å². The topological polar surface area (TPSA) is 61.9 Å². The van der Waals surface area contributed by atoms with Gasteiger partial charge in [-0.25, -0.2) is 12.7 Å². The molecule has 0 radical (unpaired) electrons. The Morgan fingerprint density at radius 3 is 2.29 bits per heavy atom. The molecule has 0 spiro atoms. The van der Waals surface area contributed by atoms with Gasteiger partial charge in [0.25, 0.3) is 0 Å². The molecule has 3 rings (SSSR count). The van der Waals surface area contributed by atoms with Gasteiger partial charge in [0.05, 0.1) is 17.1 Å². The van der Waals surface area contributed by atoms with Gasteiger partial charge in [0.2, 0.25) is 10.0 Å². The second kappa shape index (κ2) is 12.5. The smallest absolute Gasteiger partial charge is 0.377 e. The first kappa shape index (κ1) is 27.1. The number of piperazine rings is 1. The molecule has 1 saturated heterocycles. The number of sulfonamides is 1. The van der Waals surface area contributed by atoms with Gasteiger partial charge >= 0.3 is 6.18 Å². The van der Waals surface area contributed by atoms with Crippen LogP contribution in [0.4, 0.5) is 13.2 Å². The quantitative estimate of drug-likeness (QED) is 0.391. The Hall–Kier alpha value is -1.46. The lowest BCUT2D eigenvalue weighted by Crippen LogP contribution is -2.43. The largest absolute Gasteiger partial charge is 0.416 e. The van der Waals surface area contributed by atoms with Crippen molar-refractivity contribution in [3.63, 3.8) is 0 Å². The molecule has 1 aliphatic heterocycles. The Morgan fingerprint density at radius 1 is 1.06 bits per heavy atom. The Labute approximate surface area is 201 Å². The van der Waals surface area contributed by atoms with Gasteiger partial charge in [-0.1, -0.05) is 12.2 Å². The van der Waals surface area contributed by atoms with Crippen LogP contribution in [0.25, 0.3) is 0 Å². The molecule has 2 fully saturated rings. The van der Waals surface area contributed by atoms with Gasteiger partial charge in [0.1, 0.15) is 0 Å². The van der Waals surface area contributed by atoms with Crippen molar-refractivity contribution in [1.29, 1.82) is 0 Å². The second-order valence-corrected chi connectivity index (χ2v) is 11.3. The van der Waals surface area contributed by atoms with Crippen LogP contribution in [0.3, 0.4) is 0 Å². The van der Waals surface area contributed by atoms with E-state index in [0.717, 1.165) is 82.7 Å². The molecule has 1 saturated carbocycles. The van der Waals surface area contributed by atoms with E-state index in [0.29, 0.717) is 25.7 Å². The number of ether oxygens (including phenoxy) is 1. The number of hydrogen-bond donors (Lipinski definition) is 1. The second-order valence-electron chi connectivity index (χ2n) is 9.25. The lowest BCUT2D eigenvalue weighted by Gasteiger charge is -2.31. The van der Waals surface area contributed by atoms with Crippen LogP contribution < -0.4 is 5.32 Å². The van der Waals surface area contributed by atoms with Crippen molar-refractivity contribution in [2.24, 2.45) is 11.8 Å². The lowest BCUT2D eigenvalue weighted by molar-refractivity contribution is -0.137. The summed E-state index contributed by atoms with van der Waals surface area (Å²) in [5.74, 6) is 0.721. The molecular formula is C24H36F3N3O3S. The van der Waals surface area contributed by atoms with E-state index in [1.165, 1.54) is 11.4 Å². The molecule has 0 unspecified atom stereocenters. The third-order valence-electron chi connectivity index (χ3n) is 6.68. The lowest BCUT2D eigenvalue weighted by atomic mass is 9.82. The summed E-state index contributed by atoms with van der Waals surface area (Å²) in [6, 6.07) is 3.68. The van der Waals surface area contributed by atoms with Gasteiger partial charge in [-0.15, -0.1) is 0 Å². The summed E-state index contributed by atoms with van der Waals surface area (Å²) in [6.45, 7) is 6.90. The first-order valence-electron chi connectivity index (χ1n) is 12.0. The van der Waals surface area contributed by atoms with Crippen LogP contribution in [0.1, 0.15) is 31.2 Å². The van der Waals surface area contributed by atoms with Crippen LogP contribution in [0.2, 0.25) is 0 Å². The predicted molar refractivity (Wildman–Crippen MR) is 126 cm³/mol. The molecule has 0 aromatic heterocycles. The minimum absolute atomic E-state index is 0.116. The van der Waals surface area contributed by atoms with Gasteiger partial charge < -0.3 is 10.1 Å². The monoisotopic (exact) mass is 503 g/mol. The number of hydrogen-bond acceptors (Lipinski definition) is 5. The fourth-order valence-electron chi connectivity index (χ4n) is 4.53. The molecule has 0 atom stereocenters. The summed E-state index contributed by atoms with van der Waals surface area (Å²) < 4.78 is 70.9.